The second kappa shape index (κ2) is 10.1. The molecule has 0 atom stereocenters. The number of anilines is 1. The second-order valence-electron chi connectivity index (χ2n) is 6.80. The molecule has 1 aliphatic rings. The molecule has 0 bridgehead atoms. The number of nitrogens with zero attached hydrogens (tertiary/aromatic N) is 3. The summed E-state index contributed by atoms with van der Waals surface area (Å²) in [6.45, 7) is 4.59. The zero-order valence-corrected chi connectivity index (χ0v) is 18.2. The van der Waals surface area contributed by atoms with Crippen molar-refractivity contribution < 1.29 is 19.2 Å². The van der Waals surface area contributed by atoms with Gasteiger partial charge in [-0.05, 0) is 55.5 Å². The van der Waals surface area contributed by atoms with E-state index in [2.05, 4.69) is 5.32 Å². The van der Waals surface area contributed by atoms with Crippen molar-refractivity contribution in [1.82, 2.24) is 10.2 Å². The van der Waals surface area contributed by atoms with Crippen LogP contribution >= 0.6 is 12.2 Å². The number of hydrogen-bond donors (Lipinski definition) is 1. The van der Waals surface area contributed by atoms with Gasteiger partial charge in [0.15, 0.2) is 5.11 Å². The summed E-state index contributed by atoms with van der Waals surface area (Å²) in [5.41, 5.74) is 1.02. The average Bonchev–Trinajstić information content (AvgIpc) is 2.79. The highest BCUT2D eigenvalue weighted by Gasteiger charge is 2.26. The van der Waals surface area contributed by atoms with Gasteiger partial charge in [0.2, 0.25) is 0 Å². The number of methoxy groups -OCH3 is 1. The van der Waals surface area contributed by atoms with E-state index in [1.807, 2.05) is 16.7 Å². The molecule has 1 fully saturated rings. The number of nitro benzene ring substituents is 1. The maximum atomic E-state index is 12.5. The molecular formula is C21H24N4O5S. The Bertz CT molecular complexity index is 959. The second-order valence-corrected chi connectivity index (χ2v) is 7.19. The van der Waals surface area contributed by atoms with Gasteiger partial charge in [0, 0.05) is 31.7 Å². The van der Waals surface area contributed by atoms with E-state index in [0.29, 0.717) is 60.6 Å². The molecule has 2 aromatic carbocycles. The Kier molecular flexibility index (Phi) is 7.24. The van der Waals surface area contributed by atoms with Gasteiger partial charge < -0.3 is 19.3 Å². The third-order valence-corrected chi connectivity index (χ3v) is 5.30. The molecule has 10 heteroatoms. The summed E-state index contributed by atoms with van der Waals surface area (Å²) in [7, 11) is 1.47. The van der Waals surface area contributed by atoms with Crippen molar-refractivity contribution >= 4 is 34.6 Å². The SMILES string of the molecule is CCOc1ccc(C(=O)NC(=S)N2CCN(c3ccc(OC)cc3[N+](=O)[O-])CC2)cc1. The van der Waals surface area contributed by atoms with Gasteiger partial charge in [0.05, 0.1) is 24.7 Å². The van der Waals surface area contributed by atoms with Gasteiger partial charge in [-0.3, -0.25) is 20.2 Å². The third-order valence-electron chi connectivity index (χ3n) is 4.93. The highest BCUT2D eigenvalue weighted by Crippen LogP contribution is 2.32. The van der Waals surface area contributed by atoms with Crippen molar-refractivity contribution in [1.29, 1.82) is 0 Å². The monoisotopic (exact) mass is 444 g/mol. The number of amides is 1. The van der Waals surface area contributed by atoms with Gasteiger partial charge in [-0.2, -0.15) is 0 Å². The fraction of sp³-hybridized carbons (Fsp3) is 0.333. The van der Waals surface area contributed by atoms with E-state index in [4.69, 9.17) is 21.7 Å². The summed E-state index contributed by atoms with van der Waals surface area (Å²) >= 11 is 5.40. The molecule has 0 spiro atoms. The third kappa shape index (κ3) is 5.40. The number of rotatable bonds is 6. The van der Waals surface area contributed by atoms with Crippen molar-refractivity contribution in [2.24, 2.45) is 0 Å². The fourth-order valence-corrected chi connectivity index (χ4v) is 3.59. The van der Waals surface area contributed by atoms with E-state index in [9.17, 15) is 14.9 Å². The molecule has 3 rings (SSSR count). The average molecular weight is 445 g/mol. The molecule has 1 saturated heterocycles. The van der Waals surface area contributed by atoms with Crippen molar-refractivity contribution in [3.63, 3.8) is 0 Å². The van der Waals surface area contributed by atoms with E-state index >= 15 is 0 Å². The minimum absolute atomic E-state index is 0.000760. The number of nitrogens with one attached hydrogen (secondary N) is 1. The van der Waals surface area contributed by atoms with Crippen LogP contribution in [0.4, 0.5) is 11.4 Å². The number of benzene rings is 2. The summed E-state index contributed by atoms with van der Waals surface area (Å²) in [5, 5.41) is 14.5. The first-order chi connectivity index (χ1) is 14.9. The minimum Gasteiger partial charge on any atom is -0.496 e. The summed E-state index contributed by atoms with van der Waals surface area (Å²) < 4.78 is 10.5. The molecule has 1 heterocycles. The number of carbonyl (C=O) groups excluding carboxylic acids is 1. The molecule has 1 amide bonds. The van der Waals surface area contributed by atoms with Gasteiger partial charge in [0.1, 0.15) is 17.2 Å². The molecule has 1 aliphatic heterocycles. The standard InChI is InChI=1S/C21H24N4O5S/c1-3-30-16-6-4-15(5-7-16)20(26)22-21(31)24-12-10-23(11-13-24)18-9-8-17(29-2)14-19(18)25(27)28/h4-9,14H,3,10-13H2,1-2H3,(H,22,26,31). The Balaban J connectivity index is 1.58. The number of hydrogen-bond acceptors (Lipinski definition) is 7. The van der Waals surface area contributed by atoms with Crippen LogP contribution in [-0.4, -0.2) is 60.7 Å². The zero-order chi connectivity index (χ0) is 22.4. The van der Waals surface area contributed by atoms with Crippen LogP contribution in [0.1, 0.15) is 17.3 Å². The van der Waals surface area contributed by atoms with Crippen molar-refractivity contribution in [2.75, 3.05) is 44.8 Å². The van der Waals surface area contributed by atoms with Gasteiger partial charge in [-0.25, -0.2) is 0 Å². The highest BCUT2D eigenvalue weighted by atomic mass is 32.1. The first-order valence-corrected chi connectivity index (χ1v) is 10.2. The number of nitro groups is 1. The first-order valence-electron chi connectivity index (χ1n) is 9.83. The van der Waals surface area contributed by atoms with E-state index in [-0.39, 0.29) is 11.6 Å². The Morgan fingerprint density at radius 1 is 1.13 bits per heavy atom. The normalized spacial score (nSPS) is 13.5. The molecule has 0 aromatic heterocycles. The highest BCUT2D eigenvalue weighted by molar-refractivity contribution is 7.80. The maximum Gasteiger partial charge on any atom is 0.296 e. The van der Waals surface area contributed by atoms with Crippen LogP contribution in [-0.2, 0) is 0 Å². The largest absolute Gasteiger partial charge is 0.496 e. The van der Waals surface area contributed by atoms with E-state index in [1.165, 1.54) is 13.2 Å². The van der Waals surface area contributed by atoms with Crippen LogP contribution in [0.15, 0.2) is 42.5 Å². The van der Waals surface area contributed by atoms with Crippen LogP contribution < -0.4 is 19.7 Å². The Morgan fingerprint density at radius 2 is 1.77 bits per heavy atom. The lowest BCUT2D eigenvalue weighted by Crippen LogP contribution is -2.52. The number of piperazine rings is 1. The van der Waals surface area contributed by atoms with E-state index < -0.39 is 4.92 Å². The van der Waals surface area contributed by atoms with Crippen molar-refractivity contribution in [3.8, 4) is 11.5 Å². The van der Waals surface area contributed by atoms with Crippen LogP contribution in [0, 0.1) is 10.1 Å². The maximum absolute atomic E-state index is 12.5. The predicted molar refractivity (Wildman–Crippen MR) is 121 cm³/mol. The van der Waals surface area contributed by atoms with Gasteiger partial charge in [-0.15, -0.1) is 0 Å². The molecule has 164 valence electrons. The summed E-state index contributed by atoms with van der Waals surface area (Å²) in [4.78, 5) is 27.3. The summed E-state index contributed by atoms with van der Waals surface area (Å²) in [5.74, 6) is 0.846. The van der Waals surface area contributed by atoms with Crippen LogP contribution in [0.25, 0.3) is 0 Å². The lowest BCUT2D eigenvalue weighted by atomic mass is 10.2. The van der Waals surface area contributed by atoms with Crippen LogP contribution in [0.2, 0.25) is 0 Å². The molecular weight excluding hydrogens is 420 g/mol. The number of thiocarbonyl (C=S) groups is 1. The number of ether oxygens (including phenoxy) is 2. The molecule has 2 aromatic rings. The fourth-order valence-electron chi connectivity index (χ4n) is 3.31. The van der Waals surface area contributed by atoms with Gasteiger partial charge in [-0.1, -0.05) is 0 Å². The van der Waals surface area contributed by atoms with Crippen LogP contribution in [0.3, 0.4) is 0 Å². The smallest absolute Gasteiger partial charge is 0.296 e. The van der Waals surface area contributed by atoms with E-state index in [1.54, 1.807) is 36.4 Å². The molecule has 9 nitrogen and oxygen atoms in total. The van der Waals surface area contributed by atoms with Crippen LogP contribution in [0.5, 0.6) is 11.5 Å². The lowest BCUT2D eigenvalue weighted by molar-refractivity contribution is -0.384. The topological polar surface area (TPSA) is 97.2 Å². The minimum atomic E-state index is -0.411. The molecule has 0 saturated carbocycles. The van der Waals surface area contributed by atoms with Crippen molar-refractivity contribution in [3.05, 3.63) is 58.1 Å². The Morgan fingerprint density at radius 3 is 2.35 bits per heavy atom. The summed E-state index contributed by atoms with van der Waals surface area (Å²) in [6.07, 6.45) is 0. The van der Waals surface area contributed by atoms with Crippen molar-refractivity contribution in [2.45, 2.75) is 6.92 Å². The number of carbonyl (C=O) groups is 1. The zero-order valence-electron chi connectivity index (χ0n) is 17.4. The Hall–Kier alpha value is -3.40. The molecule has 0 radical (unpaired) electrons. The quantitative estimate of drug-likeness (QED) is 0.413. The molecule has 1 N–H and O–H groups in total. The molecule has 31 heavy (non-hydrogen) atoms. The first kappa shape index (κ1) is 22.3. The van der Waals surface area contributed by atoms with Gasteiger partial charge in [0.25, 0.3) is 11.6 Å². The molecule has 0 aliphatic carbocycles. The molecule has 0 unspecified atom stereocenters. The Labute approximate surface area is 185 Å². The summed E-state index contributed by atoms with van der Waals surface area (Å²) in [6, 6.07) is 11.7. The van der Waals surface area contributed by atoms with E-state index in [0.717, 1.165) is 0 Å². The lowest BCUT2D eigenvalue weighted by Gasteiger charge is -2.37. The predicted octanol–water partition coefficient (Wildman–Crippen LogP) is 2.84. The van der Waals surface area contributed by atoms with Gasteiger partial charge >= 0.3 is 0 Å².